The average Bonchev–Trinajstić information content (AvgIpc) is 3.80. The van der Waals surface area contributed by atoms with Gasteiger partial charge in [-0.25, -0.2) is 8.78 Å². The summed E-state index contributed by atoms with van der Waals surface area (Å²) in [4.78, 5) is 20.0. The lowest BCUT2D eigenvalue weighted by Gasteiger charge is -2.21. The molecule has 0 bridgehead atoms. The van der Waals surface area contributed by atoms with Gasteiger partial charge in [-0.2, -0.15) is 4.98 Å². The lowest BCUT2D eigenvalue weighted by Crippen LogP contribution is -2.34. The highest BCUT2D eigenvalue weighted by atomic mass is 32.2. The zero-order valence-corrected chi connectivity index (χ0v) is 29.9. The molecule has 11 heteroatoms. The number of alkyl halides is 1. The van der Waals surface area contributed by atoms with E-state index in [-0.39, 0.29) is 17.4 Å². The number of fused-ring (bicyclic) bond motifs is 1. The van der Waals surface area contributed by atoms with Gasteiger partial charge in [0.15, 0.2) is 11.0 Å². The highest BCUT2D eigenvalue weighted by Crippen LogP contribution is 2.28. The second kappa shape index (κ2) is 16.7. The molecule has 50 heavy (non-hydrogen) atoms. The Morgan fingerprint density at radius 3 is 2.18 bits per heavy atom. The van der Waals surface area contributed by atoms with Crippen LogP contribution in [0.3, 0.4) is 0 Å². The van der Waals surface area contributed by atoms with Crippen LogP contribution in [0.15, 0.2) is 82.7 Å². The summed E-state index contributed by atoms with van der Waals surface area (Å²) < 4.78 is 31.0. The van der Waals surface area contributed by atoms with Crippen molar-refractivity contribution in [3.63, 3.8) is 0 Å². The van der Waals surface area contributed by atoms with Gasteiger partial charge in [0, 0.05) is 30.1 Å². The predicted molar refractivity (Wildman–Crippen MR) is 196 cm³/mol. The minimum atomic E-state index is -0.474. The van der Waals surface area contributed by atoms with Crippen LogP contribution in [0, 0.1) is 5.82 Å². The first-order chi connectivity index (χ1) is 24.4. The smallest absolute Gasteiger partial charge is 0.277 e. The molecule has 0 saturated heterocycles. The van der Waals surface area contributed by atoms with Gasteiger partial charge >= 0.3 is 0 Å². The van der Waals surface area contributed by atoms with Crippen LogP contribution in [0.5, 0.6) is 0 Å². The van der Waals surface area contributed by atoms with E-state index in [1.54, 1.807) is 12.1 Å². The number of hydrogen-bond donors (Lipinski definition) is 1. The Balaban J connectivity index is 1.31. The van der Waals surface area contributed by atoms with E-state index in [0.717, 1.165) is 90.6 Å². The summed E-state index contributed by atoms with van der Waals surface area (Å²) in [5.74, 6) is 1.91. The molecule has 1 atom stereocenters. The van der Waals surface area contributed by atoms with Gasteiger partial charge in [-0.15, -0.1) is 10.2 Å². The van der Waals surface area contributed by atoms with Gasteiger partial charge in [0.2, 0.25) is 0 Å². The Hall–Kier alpha value is -4.19. The molecule has 0 amide bonds. The van der Waals surface area contributed by atoms with Crippen LogP contribution < -0.4 is 10.9 Å². The topological polar surface area (TPSA) is 80.9 Å². The second-order valence-corrected chi connectivity index (χ2v) is 13.7. The van der Waals surface area contributed by atoms with Gasteiger partial charge in [0.05, 0.1) is 19.1 Å². The van der Waals surface area contributed by atoms with Crippen molar-refractivity contribution in [3.05, 3.63) is 129 Å². The maximum atomic E-state index is 13.6. The Morgan fingerprint density at radius 2 is 1.52 bits per heavy atom. The zero-order chi connectivity index (χ0) is 35.0. The summed E-state index contributed by atoms with van der Waals surface area (Å²) in [6.07, 6.45) is 2.43. The van der Waals surface area contributed by atoms with Crippen LogP contribution in [0.25, 0.3) is 11.1 Å². The fraction of sp³-hybridized carbons (Fsp3) is 0.385. The summed E-state index contributed by atoms with van der Waals surface area (Å²) in [6, 6.07) is 22.4. The average molecular weight is 698 g/mol. The number of rotatable bonds is 16. The Morgan fingerprint density at radius 1 is 0.860 bits per heavy atom. The quantitative estimate of drug-likeness (QED) is 0.0881. The molecule has 0 spiro atoms. The molecule has 2 heterocycles. The molecule has 0 saturated carbocycles. The van der Waals surface area contributed by atoms with Gasteiger partial charge in [-0.3, -0.25) is 4.79 Å². The first-order valence-electron chi connectivity index (χ1n) is 17.5. The van der Waals surface area contributed by atoms with Crippen LogP contribution in [-0.4, -0.2) is 55.4 Å². The van der Waals surface area contributed by atoms with Gasteiger partial charge < -0.3 is 19.4 Å². The van der Waals surface area contributed by atoms with Gasteiger partial charge in [-0.1, -0.05) is 86.3 Å². The first kappa shape index (κ1) is 35.6. The van der Waals surface area contributed by atoms with E-state index in [4.69, 9.17) is 10.2 Å². The number of benzene rings is 3. The molecule has 0 aliphatic heterocycles. The molecule has 6 rings (SSSR count). The van der Waals surface area contributed by atoms with Crippen molar-refractivity contribution in [2.75, 3.05) is 26.2 Å². The van der Waals surface area contributed by atoms with Crippen molar-refractivity contribution in [3.8, 4) is 11.1 Å². The molecule has 1 aliphatic rings. The predicted octanol–water partition coefficient (Wildman–Crippen LogP) is 6.98. The normalized spacial score (nSPS) is 13.2. The molecular formula is C39H45F2N7OS. The third-order valence-corrected chi connectivity index (χ3v) is 10.6. The number of hydrogen-bond acceptors (Lipinski definition) is 7. The number of likely N-dealkylation sites (N-methyl/N-ethyl adjacent to an activating group) is 1. The minimum Gasteiger partial charge on any atom is -0.316 e. The molecule has 1 N–H and O–H groups in total. The van der Waals surface area contributed by atoms with Crippen molar-refractivity contribution < 1.29 is 8.78 Å². The number of nitrogens with one attached hydrogen (secondary N) is 1. The molecule has 0 fully saturated rings. The standard InChI is InChI=1S/C39H45F2N7OS/c1-4-46(5-2)22-21-42-27(3)37-45-44-36(48(37)24-29-11-17-32(18-12-29)31-15-9-28(23-40)10-16-31)25-47-35-8-6-7-34(35)38(49)43-39(47)50-26-30-13-19-33(41)20-14-30/h9-20,27,42H,4-8,21-26H2,1-3H3. The van der Waals surface area contributed by atoms with Crippen LogP contribution in [0.2, 0.25) is 0 Å². The molecule has 1 aliphatic carbocycles. The van der Waals surface area contributed by atoms with Crippen molar-refractivity contribution in [2.24, 2.45) is 0 Å². The Kier molecular flexibility index (Phi) is 11.9. The summed E-state index contributed by atoms with van der Waals surface area (Å²) in [6.45, 7) is 10.7. The molecule has 8 nitrogen and oxygen atoms in total. The fourth-order valence-electron chi connectivity index (χ4n) is 6.53. The van der Waals surface area contributed by atoms with Crippen LogP contribution in [0.4, 0.5) is 8.78 Å². The molecule has 3 aromatic carbocycles. The van der Waals surface area contributed by atoms with E-state index in [1.807, 2.05) is 24.3 Å². The molecule has 5 aromatic rings. The van der Waals surface area contributed by atoms with E-state index in [1.165, 1.54) is 23.9 Å². The lowest BCUT2D eigenvalue weighted by atomic mass is 10.0. The number of thioether (sulfide) groups is 1. The zero-order valence-electron chi connectivity index (χ0n) is 29.0. The Labute approximate surface area is 297 Å². The van der Waals surface area contributed by atoms with Crippen LogP contribution >= 0.6 is 11.8 Å². The van der Waals surface area contributed by atoms with E-state index in [0.29, 0.717) is 29.6 Å². The van der Waals surface area contributed by atoms with Crippen molar-refractivity contribution >= 4 is 11.8 Å². The molecule has 2 aromatic heterocycles. The maximum absolute atomic E-state index is 13.6. The largest absolute Gasteiger partial charge is 0.316 e. The van der Waals surface area contributed by atoms with E-state index < -0.39 is 6.67 Å². The minimum absolute atomic E-state index is 0.0507. The van der Waals surface area contributed by atoms with Crippen LogP contribution in [-0.2, 0) is 38.4 Å². The highest BCUT2D eigenvalue weighted by molar-refractivity contribution is 7.98. The summed E-state index contributed by atoms with van der Waals surface area (Å²) in [5, 5.41) is 13.8. The number of halogens is 2. The SMILES string of the molecule is CCN(CC)CCNC(C)c1nnc(Cn2c(SCc3ccc(F)cc3)nc(=O)c3c2CCC3)n1Cc1ccc(-c2ccc(CF)cc2)cc1. The molecule has 1 unspecified atom stereocenters. The molecule has 0 radical (unpaired) electrons. The van der Waals surface area contributed by atoms with Crippen LogP contribution in [0.1, 0.15) is 72.8 Å². The summed E-state index contributed by atoms with van der Waals surface area (Å²) >= 11 is 1.48. The number of nitrogens with zero attached hydrogens (tertiary/aromatic N) is 6. The lowest BCUT2D eigenvalue weighted by molar-refractivity contribution is 0.296. The van der Waals surface area contributed by atoms with E-state index in [9.17, 15) is 13.6 Å². The van der Waals surface area contributed by atoms with Gasteiger partial charge in [0.25, 0.3) is 5.56 Å². The fourth-order valence-corrected chi connectivity index (χ4v) is 7.50. The maximum Gasteiger partial charge on any atom is 0.277 e. The molecule has 262 valence electrons. The third kappa shape index (κ3) is 8.39. The second-order valence-electron chi connectivity index (χ2n) is 12.8. The van der Waals surface area contributed by atoms with Gasteiger partial charge in [-0.05, 0) is 79.2 Å². The van der Waals surface area contributed by atoms with E-state index >= 15 is 0 Å². The first-order valence-corrected chi connectivity index (χ1v) is 18.5. The Bertz CT molecular complexity index is 1920. The summed E-state index contributed by atoms with van der Waals surface area (Å²) in [5.41, 5.74) is 6.44. The number of aromatic nitrogens is 5. The highest BCUT2D eigenvalue weighted by Gasteiger charge is 2.25. The van der Waals surface area contributed by atoms with Crippen molar-refractivity contribution in [1.29, 1.82) is 0 Å². The van der Waals surface area contributed by atoms with Crippen molar-refractivity contribution in [1.82, 2.24) is 34.5 Å². The van der Waals surface area contributed by atoms with E-state index in [2.05, 4.69) is 69.4 Å². The van der Waals surface area contributed by atoms with Gasteiger partial charge in [0.1, 0.15) is 18.3 Å². The van der Waals surface area contributed by atoms with Crippen molar-refractivity contribution in [2.45, 2.75) is 76.7 Å². The monoisotopic (exact) mass is 697 g/mol. The summed E-state index contributed by atoms with van der Waals surface area (Å²) in [7, 11) is 0. The third-order valence-electron chi connectivity index (χ3n) is 9.53. The molecular weight excluding hydrogens is 653 g/mol.